The van der Waals surface area contributed by atoms with Crippen LogP contribution in [0.2, 0.25) is 0 Å². The Kier molecular flexibility index (Phi) is 8.56. The molecular weight excluding hydrogens is 501 g/mol. The van der Waals surface area contributed by atoms with Crippen LogP contribution in [0.1, 0.15) is 41.9 Å². The molecular formula is C24H24N6O2S3. The van der Waals surface area contributed by atoms with Crippen molar-refractivity contribution in [3.05, 3.63) is 80.8 Å². The summed E-state index contributed by atoms with van der Waals surface area (Å²) >= 11 is 4.58. The van der Waals surface area contributed by atoms with E-state index in [2.05, 4.69) is 31.0 Å². The minimum Gasteiger partial charge on any atom is -0.296 e. The molecule has 4 rings (SSSR count). The minimum absolute atomic E-state index is 0.187. The lowest BCUT2D eigenvalue weighted by molar-refractivity contribution is 0.101. The van der Waals surface area contributed by atoms with E-state index < -0.39 is 0 Å². The molecule has 0 atom stereocenters. The fourth-order valence-electron chi connectivity index (χ4n) is 2.98. The van der Waals surface area contributed by atoms with E-state index in [1.165, 1.54) is 22.7 Å². The fourth-order valence-corrected chi connectivity index (χ4v) is 5.59. The molecule has 2 aromatic heterocycles. The number of benzene rings is 2. The third kappa shape index (κ3) is 7.41. The number of aromatic nitrogens is 4. The lowest BCUT2D eigenvalue weighted by Gasteiger charge is -2.01. The van der Waals surface area contributed by atoms with Gasteiger partial charge in [-0.05, 0) is 49.6 Å². The van der Waals surface area contributed by atoms with Gasteiger partial charge >= 0.3 is 0 Å². The summed E-state index contributed by atoms with van der Waals surface area (Å²) in [6.45, 7) is 3.96. The largest absolute Gasteiger partial charge is 0.296 e. The molecule has 0 aliphatic carbocycles. The van der Waals surface area contributed by atoms with Crippen molar-refractivity contribution in [1.82, 2.24) is 20.4 Å². The molecule has 4 aromatic rings. The Hall–Kier alpha value is -3.15. The van der Waals surface area contributed by atoms with E-state index in [0.717, 1.165) is 45.5 Å². The van der Waals surface area contributed by atoms with Crippen LogP contribution < -0.4 is 10.6 Å². The monoisotopic (exact) mass is 524 g/mol. The highest BCUT2D eigenvalue weighted by Gasteiger charge is 2.12. The van der Waals surface area contributed by atoms with Crippen LogP contribution in [-0.2, 0) is 12.8 Å². The van der Waals surface area contributed by atoms with Crippen LogP contribution in [0.15, 0.2) is 48.5 Å². The van der Waals surface area contributed by atoms with Gasteiger partial charge in [0.2, 0.25) is 10.3 Å². The van der Waals surface area contributed by atoms with E-state index >= 15 is 0 Å². The lowest BCUT2D eigenvalue weighted by atomic mass is 10.1. The highest BCUT2D eigenvalue weighted by Crippen LogP contribution is 2.21. The first-order valence-corrected chi connectivity index (χ1v) is 13.7. The van der Waals surface area contributed by atoms with E-state index in [1.54, 1.807) is 36.0 Å². The van der Waals surface area contributed by atoms with Crippen molar-refractivity contribution >= 4 is 56.5 Å². The smallest absolute Gasteiger partial charge is 0.257 e. The number of aryl methyl sites for hydroxylation is 4. The van der Waals surface area contributed by atoms with Crippen molar-refractivity contribution in [2.75, 3.05) is 22.1 Å². The molecule has 0 bridgehead atoms. The quantitative estimate of drug-likeness (QED) is 0.280. The van der Waals surface area contributed by atoms with Crippen LogP contribution in [0.4, 0.5) is 10.3 Å². The van der Waals surface area contributed by atoms with Crippen LogP contribution in [0.5, 0.6) is 0 Å². The first kappa shape index (κ1) is 25.0. The van der Waals surface area contributed by atoms with Gasteiger partial charge in [-0.15, -0.1) is 20.4 Å². The first-order chi connectivity index (χ1) is 17.0. The molecule has 2 amide bonds. The summed E-state index contributed by atoms with van der Waals surface area (Å²) < 4.78 is 0. The predicted molar refractivity (Wildman–Crippen MR) is 143 cm³/mol. The number of anilines is 2. The van der Waals surface area contributed by atoms with E-state index in [0.29, 0.717) is 21.4 Å². The van der Waals surface area contributed by atoms with Crippen molar-refractivity contribution < 1.29 is 9.59 Å². The minimum atomic E-state index is -0.187. The number of nitrogens with zero attached hydrogens (tertiary/aromatic N) is 4. The normalized spacial score (nSPS) is 10.8. The molecule has 0 aliphatic heterocycles. The van der Waals surface area contributed by atoms with Crippen molar-refractivity contribution in [3.8, 4) is 0 Å². The molecule has 2 aromatic carbocycles. The summed E-state index contributed by atoms with van der Waals surface area (Å²) in [5.41, 5.74) is 3.40. The van der Waals surface area contributed by atoms with Crippen molar-refractivity contribution in [2.24, 2.45) is 0 Å². The highest BCUT2D eigenvalue weighted by molar-refractivity contribution is 7.99. The molecule has 2 heterocycles. The van der Waals surface area contributed by atoms with E-state index in [4.69, 9.17) is 0 Å². The number of amides is 2. The van der Waals surface area contributed by atoms with Crippen LogP contribution >= 0.6 is 34.4 Å². The third-order valence-corrected chi connectivity index (χ3v) is 7.71. The van der Waals surface area contributed by atoms with E-state index in [-0.39, 0.29) is 11.8 Å². The summed E-state index contributed by atoms with van der Waals surface area (Å²) in [4.78, 5) is 24.6. The first-order valence-electron chi connectivity index (χ1n) is 10.9. The molecule has 11 heteroatoms. The molecule has 0 saturated heterocycles. The Morgan fingerprint density at radius 3 is 1.49 bits per heavy atom. The molecule has 0 saturated carbocycles. The number of rotatable bonds is 10. The maximum atomic E-state index is 12.3. The Labute approximate surface area is 215 Å². The van der Waals surface area contributed by atoms with Gasteiger partial charge in [-0.1, -0.05) is 58.1 Å². The fraction of sp³-hybridized carbons (Fsp3) is 0.250. The van der Waals surface area contributed by atoms with Gasteiger partial charge in [-0.3, -0.25) is 20.2 Å². The van der Waals surface area contributed by atoms with Gasteiger partial charge in [-0.2, -0.15) is 11.8 Å². The Morgan fingerprint density at radius 1 is 0.686 bits per heavy atom. The summed E-state index contributed by atoms with van der Waals surface area (Å²) in [6.07, 6.45) is 1.55. The number of carbonyl (C=O) groups is 2. The van der Waals surface area contributed by atoms with Crippen LogP contribution in [0.25, 0.3) is 0 Å². The van der Waals surface area contributed by atoms with Gasteiger partial charge < -0.3 is 0 Å². The Bertz CT molecular complexity index is 1190. The van der Waals surface area contributed by atoms with Crippen molar-refractivity contribution in [2.45, 2.75) is 26.7 Å². The standard InChI is InChI=1S/C24H24N6O2S3/c1-15-3-7-17(8-4-15)21(31)25-23-29-27-19(34-23)11-13-33-14-12-20-28-30-24(35-20)26-22(32)18-9-5-16(2)6-10-18/h3-10H,11-14H2,1-2H3,(H,25,29,31)(H,26,30,32). The van der Waals surface area contributed by atoms with Crippen LogP contribution in [-0.4, -0.2) is 43.7 Å². The topological polar surface area (TPSA) is 110 Å². The maximum absolute atomic E-state index is 12.3. The summed E-state index contributed by atoms with van der Waals surface area (Å²) in [7, 11) is 0. The second-order valence-corrected chi connectivity index (χ2v) is 11.1. The zero-order chi connectivity index (χ0) is 24.6. The third-order valence-electron chi connectivity index (χ3n) is 4.92. The number of hydrogen-bond acceptors (Lipinski definition) is 9. The zero-order valence-corrected chi connectivity index (χ0v) is 21.7. The molecule has 0 aliphatic rings. The lowest BCUT2D eigenvalue weighted by Crippen LogP contribution is -2.11. The molecule has 0 spiro atoms. The predicted octanol–water partition coefficient (Wildman–Crippen LogP) is 5.03. The second kappa shape index (κ2) is 12.0. The maximum Gasteiger partial charge on any atom is 0.257 e. The molecule has 35 heavy (non-hydrogen) atoms. The van der Waals surface area contributed by atoms with Gasteiger partial charge in [0.25, 0.3) is 11.8 Å². The highest BCUT2D eigenvalue weighted by atomic mass is 32.2. The van der Waals surface area contributed by atoms with Gasteiger partial charge in [-0.25, -0.2) is 0 Å². The molecule has 8 nitrogen and oxygen atoms in total. The van der Waals surface area contributed by atoms with Crippen LogP contribution in [0.3, 0.4) is 0 Å². The Morgan fingerprint density at radius 2 is 1.09 bits per heavy atom. The van der Waals surface area contributed by atoms with Crippen LogP contribution in [0, 0.1) is 13.8 Å². The molecule has 0 radical (unpaired) electrons. The van der Waals surface area contributed by atoms with E-state index in [9.17, 15) is 9.59 Å². The SMILES string of the molecule is Cc1ccc(C(=O)Nc2nnc(CCSCCc3nnc(NC(=O)c4ccc(C)cc4)s3)s2)cc1. The summed E-state index contributed by atoms with van der Waals surface area (Å²) in [5, 5.41) is 24.9. The molecule has 180 valence electrons. The number of carbonyl (C=O) groups excluding carboxylic acids is 2. The summed E-state index contributed by atoms with van der Waals surface area (Å²) in [5.74, 6) is 1.40. The average molecular weight is 525 g/mol. The summed E-state index contributed by atoms with van der Waals surface area (Å²) in [6, 6.07) is 14.8. The molecule has 0 fully saturated rings. The van der Waals surface area contributed by atoms with Gasteiger partial charge in [0.05, 0.1) is 0 Å². The average Bonchev–Trinajstić information content (AvgIpc) is 3.49. The Balaban J connectivity index is 1.15. The molecule has 0 unspecified atom stereocenters. The number of thioether (sulfide) groups is 1. The second-order valence-electron chi connectivity index (χ2n) is 7.75. The number of hydrogen-bond donors (Lipinski definition) is 2. The van der Waals surface area contributed by atoms with Crippen molar-refractivity contribution in [1.29, 1.82) is 0 Å². The van der Waals surface area contributed by atoms with Gasteiger partial charge in [0, 0.05) is 24.0 Å². The van der Waals surface area contributed by atoms with E-state index in [1.807, 2.05) is 38.1 Å². The number of nitrogens with one attached hydrogen (secondary N) is 2. The van der Waals surface area contributed by atoms with Gasteiger partial charge in [0.15, 0.2) is 0 Å². The molecule has 2 N–H and O–H groups in total. The zero-order valence-electron chi connectivity index (χ0n) is 19.3. The van der Waals surface area contributed by atoms with Crippen molar-refractivity contribution in [3.63, 3.8) is 0 Å². The van der Waals surface area contributed by atoms with Gasteiger partial charge in [0.1, 0.15) is 10.0 Å².